The summed E-state index contributed by atoms with van der Waals surface area (Å²) in [7, 11) is 0. The minimum absolute atomic E-state index is 0.131. The molecule has 2 aliphatic heterocycles. The van der Waals surface area contributed by atoms with Gasteiger partial charge in [0.15, 0.2) is 0 Å². The van der Waals surface area contributed by atoms with Crippen LogP contribution in [0.4, 0.5) is 0 Å². The van der Waals surface area contributed by atoms with Crippen molar-refractivity contribution in [1.29, 1.82) is 0 Å². The highest BCUT2D eigenvalue weighted by Gasteiger charge is 2.41. The fourth-order valence-electron chi connectivity index (χ4n) is 3.74. The van der Waals surface area contributed by atoms with Crippen LogP contribution in [0.2, 0.25) is 0 Å². The Morgan fingerprint density at radius 3 is 2.70 bits per heavy atom. The zero-order valence-electron chi connectivity index (χ0n) is 15.0. The molecule has 5 nitrogen and oxygen atoms in total. The molecule has 0 bridgehead atoms. The summed E-state index contributed by atoms with van der Waals surface area (Å²) in [4.78, 5) is 0. The molecular formula is C22H20N2O3. The first-order valence-corrected chi connectivity index (χ1v) is 9.21. The molecule has 27 heavy (non-hydrogen) atoms. The van der Waals surface area contributed by atoms with Crippen molar-refractivity contribution in [1.82, 2.24) is 5.01 Å². The van der Waals surface area contributed by atoms with Crippen molar-refractivity contribution in [2.24, 2.45) is 5.10 Å². The van der Waals surface area contributed by atoms with Crippen LogP contribution in [0.3, 0.4) is 0 Å². The first-order valence-electron chi connectivity index (χ1n) is 9.21. The molecule has 0 radical (unpaired) electrons. The maximum absolute atomic E-state index is 6.34. The van der Waals surface area contributed by atoms with Gasteiger partial charge in [-0.2, -0.15) is 5.10 Å². The fraction of sp³-hybridized carbons (Fsp3) is 0.227. The van der Waals surface area contributed by atoms with Crippen LogP contribution in [-0.2, 0) is 0 Å². The molecule has 0 spiro atoms. The second-order valence-electron chi connectivity index (χ2n) is 6.63. The SMILES string of the molecule is CCOc1ccc([C@H]2Oc3ccccc3[C@H]3CC(c4ccco4)=NN32)cc1. The predicted octanol–water partition coefficient (Wildman–Crippen LogP) is 4.92. The van der Waals surface area contributed by atoms with Crippen LogP contribution in [0.5, 0.6) is 11.5 Å². The number of furan rings is 1. The monoisotopic (exact) mass is 360 g/mol. The van der Waals surface area contributed by atoms with Crippen LogP contribution in [0.15, 0.2) is 76.4 Å². The minimum atomic E-state index is -0.284. The highest BCUT2D eigenvalue weighted by atomic mass is 16.5. The topological polar surface area (TPSA) is 47.2 Å². The van der Waals surface area contributed by atoms with Crippen LogP contribution in [0.1, 0.15) is 42.5 Å². The van der Waals surface area contributed by atoms with Gasteiger partial charge in [0.2, 0.25) is 6.23 Å². The number of benzene rings is 2. The summed E-state index contributed by atoms with van der Waals surface area (Å²) in [6, 6.07) is 20.2. The van der Waals surface area contributed by atoms with Crippen molar-refractivity contribution in [3.8, 4) is 11.5 Å². The van der Waals surface area contributed by atoms with E-state index in [1.807, 2.05) is 61.5 Å². The quantitative estimate of drug-likeness (QED) is 0.662. The largest absolute Gasteiger partial charge is 0.494 e. The zero-order chi connectivity index (χ0) is 18.2. The van der Waals surface area contributed by atoms with E-state index in [1.54, 1.807) is 6.26 Å². The number of nitrogens with zero attached hydrogens (tertiary/aromatic N) is 2. The van der Waals surface area contributed by atoms with Crippen molar-refractivity contribution < 1.29 is 13.9 Å². The highest BCUT2D eigenvalue weighted by Crippen LogP contribution is 2.47. The Labute approximate surface area is 157 Å². The Bertz CT molecular complexity index is 963. The Balaban J connectivity index is 1.54. The lowest BCUT2D eigenvalue weighted by atomic mass is 9.97. The van der Waals surface area contributed by atoms with Crippen molar-refractivity contribution >= 4 is 5.71 Å². The molecule has 2 aliphatic rings. The van der Waals surface area contributed by atoms with Crippen molar-refractivity contribution in [3.63, 3.8) is 0 Å². The first kappa shape index (κ1) is 16.0. The molecule has 5 rings (SSSR count). The summed E-state index contributed by atoms with van der Waals surface area (Å²) in [5.74, 6) is 2.58. The molecule has 0 fully saturated rings. The number of para-hydroxylation sites is 1. The molecule has 0 saturated carbocycles. The second-order valence-corrected chi connectivity index (χ2v) is 6.63. The van der Waals surface area contributed by atoms with E-state index in [0.29, 0.717) is 6.61 Å². The Morgan fingerprint density at radius 1 is 1.07 bits per heavy atom. The van der Waals surface area contributed by atoms with Gasteiger partial charge in [0.1, 0.15) is 23.0 Å². The van der Waals surface area contributed by atoms with Gasteiger partial charge in [-0.15, -0.1) is 0 Å². The number of hydrazone groups is 1. The smallest absolute Gasteiger partial charge is 0.213 e. The Hall–Kier alpha value is -3.21. The summed E-state index contributed by atoms with van der Waals surface area (Å²) < 4.78 is 17.5. The summed E-state index contributed by atoms with van der Waals surface area (Å²) in [6.45, 7) is 2.63. The standard InChI is InChI=1S/C22H20N2O3/c1-2-25-16-11-9-15(10-12-16)22-24-19(17-6-3-4-7-20(17)27-22)14-18(23-24)21-8-5-13-26-21/h3-13,19,22H,2,14H2,1H3/t19-,22-/m1/s1. The first-order chi connectivity index (χ1) is 13.3. The number of hydrogen-bond donors (Lipinski definition) is 0. The molecule has 5 heteroatoms. The molecule has 1 aromatic heterocycles. The number of fused-ring (bicyclic) bond motifs is 3. The summed E-state index contributed by atoms with van der Waals surface area (Å²) in [6.07, 6.45) is 2.19. The third-order valence-electron chi connectivity index (χ3n) is 4.98. The summed E-state index contributed by atoms with van der Waals surface area (Å²) >= 11 is 0. The van der Waals surface area contributed by atoms with Gasteiger partial charge in [0.05, 0.1) is 18.9 Å². The van der Waals surface area contributed by atoms with Gasteiger partial charge in [0.25, 0.3) is 0 Å². The van der Waals surface area contributed by atoms with E-state index in [1.165, 1.54) is 0 Å². The second kappa shape index (κ2) is 6.50. The molecule has 0 N–H and O–H groups in total. The average Bonchev–Trinajstić information content (AvgIpc) is 3.38. The van der Waals surface area contributed by atoms with Crippen LogP contribution in [0, 0.1) is 0 Å². The van der Waals surface area contributed by atoms with Crippen molar-refractivity contribution in [2.75, 3.05) is 6.61 Å². The van der Waals surface area contributed by atoms with E-state index >= 15 is 0 Å². The molecule has 3 heterocycles. The number of rotatable bonds is 4. The zero-order valence-corrected chi connectivity index (χ0v) is 15.0. The van der Waals surface area contributed by atoms with E-state index in [2.05, 4.69) is 11.1 Å². The molecule has 2 atom stereocenters. The normalized spacial score (nSPS) is 20.5. The van der Waals surface area contributed by atoms with Gasteiger partial charge in [-0.1, -0.05) is 18.2 Å². The van der Waals surface area contributed by atoms with E-state index in [4.69, 9.17) is 19.0 Å². The minimum Gasteiger partial charge on any atom is -0.494 e. The average molecular weight is 360 g/mol. The van der Waals surface area contributed by atoms with Crippen LogP contribution in [-0.4, -0.2) is 17.3 Å². The van der Waals surface area contributed by atoms with Crippen molar-refractivity contribution in [2.45, 2.75) is 25.6 Å². The van der Waals surface area contributed by atoms with Gasteiger partial charge in [0, 0.05) is 17.5 Å². The van der Waals surface area contributed by atoms with Crippen LogP contribution in [0.25, 0.3) is 0 Å². The van der Waals surface area contributed by atoms with Crippen LogP contribution < -0.4 is 9.47 Å². The molecule has 0 aliphatic carbocycles. The molecule has 0 unspecified atom stereocenters. The van der Waals surface area contributed by atoms with Crippen LogP contribution >= 0.6 is 0 Å². The predicted molar refractivity (Wildman–Crippen MR) is 102 cm³/mol. The highest BCUT2D eigenvalue weighted by molar-refractivity contribution is 5.99. The van der Waals surface area contributed by atoms with Gasteiger partial charge in [-0.05, 0) is 49.4 Å². The fourth-order valence-corrected chi connectivity index (χ4v) is 3.74. The summed E-state index contributed by atoms with van der Waals surface area (Å²) in [5, 5.41) is 6.92. The van der Waals surface area contributed by atoms with Gasteiger partial charge >= 0.3 is 0 Å². The molecule has 0 amide bonds. The number of ether oxygens (including phenoxy) is 2. The van der Waals surface area contributed by atoms with Gasteiger partial charge in [-0.3, -0.25) is 0 Å². The molecule has 2 aromatic carbocycles. The Morgan fingerprint density at radius 2 is 1.93 bits per heavy atom. The number of hydrogen-bond acceptors (Lipinski definition) is 5. The maximum atomic E-state index is 6.34. The summed E-state index contributed by atoms with van der Waals surface area (Å²) in [5.41, 5.74) is 3.15. The van der Waals surface area contributed by atoms with E-state index in [0.717, 1.165) is 40.5 Å². The third-order valence-corrected chi connectivity index (χ3v) is 4.98. The molecule has 136 valence electrons. The molecule has 3 aromatic rings. The van der Waals surface area contributed by atoms with Crippen molar-refractivity contribution in [3.05, 3.63) is 83.8 Å². The van der Waals surface area contributed by atoms with Gasteiger partial charge in [-0.25, -0.2) is 5.01 Å². The van der Waals surface area contributed by atoms with E-state index in [-0.39, 0.29) is 12.3 Å². The lowest BCUT2D eigenvalue weighted by Crippen LogP contribution is -2.33. The van der Waals surface area contributed by atoms with E-state index < -0.39 is 0 Å². The lowest BCUT2D eigenvalue weighted by molar-refractivity contribution is -0.0190. The lowest BCUT2D eigenvalue weighted by Gasteiger charge is -2.38. The van der Waals surface area contributed by atoms with E-state index in [9.17, 15) is 0 Å². The third kappa shape index (κ3) is 2.76. The Kier molecular flexibility index (Phi) is 3.85. The molecule has 0 saturated heterocycles. The maximum Gasteiger partial charge on any atom is 0.213 e. The molecular weight excluding hydrogens is 340 g/mol. The van der Waals surface area contributed by atoms with Gasteiger partial charge < -0.3 is 13.9 Å².